The van der Waals surface area contributed by atoms with Crippen LogP contribution in [0.4, 0.5) is 0 Å². The van der Waals surface area contributed by atoms with Crippen LogP contribution in [-0.4, -0.2) is 39.8 Å². The number of methoxy groups -OCH3 is 1. The van der Waals surface area contributed by atoms with Gasteiger partial charge in [-0.15, -0.1) is 5.10 Å². The Morgan fingerprint density at radius 3 is 2.58 bits per heavy atom. The summed E-state index contributed by atoms with van der Waals surface area (Å²) >= 11 is 0. The third-order valence-electron chi connectivity index (χ3n) is 5.21. The zero-order valence-corrected chi connectivity index (χ0v) is 18.1. The topological polar surface area (TPSA) is 98.6 Å². The zero-order chi connectivity index (χ0) is 22.7. The second kappa shape index (κ2) is 8.48. The van der Waals surface area contributed by atoms with Crippen LogP contribution in [0, 0.1) is 17.3 Å². The van der Waals surface area contributed by atoms with Gasteiger partial charge in [-0.05, 0) is 38.7 Å². The Morgan fingerprint density at radius 1 is 1.23 bits per heavy atom. The van der Waals surface area contributed by atoms with Crippen molar-refractivity contribution in [1.82, 2.24) is 10.2 Å². The van der Waals surface area contributed by atoms with Crippen LogP contribution in [0.1, 0.15) is 51.3 Å². The molecule has 1 N–H and O–H groups in total. The first-order chi connectivity index (χ1) is 14.6. The highest BCUT2D eigenvalue weighted by atomic mass is 16.6. The molecule has 0 amide bonds. The Morgan fingerprint density at radius 2 is 1.94 bits per heavy atom. The van der Waals surface area contributed by atoms with Gasteiger partial charge in [-0.3, -0.25) is 9.59 Å². The van der Waals surface area contributed by atoms with Gasteiger partial charge >= 0.3 is 5.97 Å². The number of rotatable bonds is 3. The van der Waals surface area contributed by atoms with E-state index >= 15 is 0 Å². The molecule has 1 aliphatic rings. The van der Waals surface area contributed by atoms with E-state index in [1.54, 1.807) is 57.2 Å². The number of benzene rings is 1. The molecule has 1 fully saturated rings. The van der Waals surface area contributed by atoms with Crippen molar-refractivity contribution in [2.24, 2.45) is 5.41 Å². The fourth-order valence-electron chi connectivity index (χ4n) is 3.67. The number of hydrogen-bond donors (Lipinski definition) is 1. The van der Waals surface area contributed by atoms with E-state index in [-0.39, 0.29) is 30.7 Å². The van der Waals surface area contributed by atoms with Gasteiger partial charge < -0.3 is 14.6 Å². The summed E-state index contributed by atoms with van der Waals surface area (Å²) in [4.78, 5) is 25.9. The number of nitrogens with zero attached hydrogens (tertiary/aromatic N) is 2. The molecule has 2 aromatic rings. The van der Waals surface area contributed by atoms with Crippen LogP contribution in [-0.2, 0) is 19.9 Å². The maximum Gasteiger partial charge on any atom is 0.328 e. The molecule has 0 radical (unpaired) electrons. The molecule has 1 aliphatic carbocycles. The SMILES string of the molecule is COc1cnnc(C#C[C@]2(C(=O)OC(C)(C)C)CCC(=O)C[C@@]2(O)c2ccccc2)c1. The van der Waals surface area contributed by atoms with Gasteiger partial charge in [0.1, 0.15) is 28.4 Å². The first-order valence-corrected chi connectivity index (χ1v) is 10.0. The van der Waals surface area contributed by atoms with E-state index in [2.05, 4.69) is 22.0 Å². The lowest BCUT2D eigenvalue weighted by molar-refractivity contribution is -0.186. The van der Waals surface area contributed by atoms with E-state index in [4.69, 9.17) is 9.47 Å². The maximum absolute atomic E-state index is 13.5. The van der Waals surface area contributed by atoms with Crippen LogP contribution in [0.3, 0.4) is 0 Å². The van der Waals surface area contributed by atoms with Gasteiger partial charge in [-0.25, -0.2) is 0 Å². The van der Waals surface area contributed by atoms with E-state index < -0.39 is 22.6 Å². The smallest absolute Gasteiger partial charge is 0.328 e. The third-order valence-corrected chi connectivity index (χ3v) is 5.21. The number of aromatic nitrogens is 2. The second-order valence-corrected chi connectivity index (χ2v) is 8.58. The number of carbonyl (C=O) groups excluding carboxylic acids is 2. The molecule has 7 nitrogen and oxygen atoms in total. The number of ketones is 1. The van der Waals surface area contributed by atoms with Gasteiger partial charge in [0.05, 0.1) is 13.3 Å². The summed E-state index contributed by atoms with van der Waals surface area (Å²) in [7, 11) is 1.50. The number of carbonyl (C=O) groups is 2. The molecule has 1 aromatic heterocycles. The van der Waals surface area contributed by atoms with Crippen molar-refractivity contribution in [2.45, 2.75) is 51.2 Å². The normalized spacial score (nSPS) is 23.5. The highest BCUT2D eigenvalue weighted by Gasteiger charge is 2.60. The summed E-state index contributed by atoms with van der Waals surface area (Å²) < 4.78 is 10.8. The largest absolute Gasteiger partial charge is 0.495 e. The molecule has 3 rings (SSSR count). The Kier molecular flexibility index (Phi) is 6.14. The Bertz CT molecular complexity index is 1040. The van der Waals surface area contributed by atoms with Crippen LogP contribution >= 0.6 is 0 Å². The van der Waals surface area contributed by atoms with Crippen molar-refractivity contribution >= 4 is 11.8 Å². The van der Waals surface area contributed by atoms with Gasteiger partial charge in [0.25, 0.3) is 0 Å². The number of Topliss-reactive ketones (excluding diaryl/α,β-unsaturated/α-hetero) is 1. The molecule has 0 bridgehead atoms. The molecular weight excluding hydrogens is 396 g/mol. The molecule has 162 valence electrons. The van der Waals surface area contributed by atoms with Gasteiger partial charge in [0, 0.05) is 18.9 Å². The lowest BCUT2D eigenvalue weighted by Crippen LogP contribution is -2.56. The van der Waals surface area contributed by atoms with Crippen molar-refractivity contribution in [2.75, 3.05) is 7.11 Å². The van der Waals surface area contributed by atoms with E-state index in [9.17, 15) is 14.7 Å². The van der Waals surface area contributed by atoms with Gasteiger partial charge in [0.15, 0.2) is 5.41 Å². The van der Waals surface area contributed by atoms with Crippen LogP contribution in [0.5, 0.6) is 5.75 Å². The minimum absolute atomic E-state index is 0.0243. The molecule has 0 saturated heterocycles. The fraction of sp³-hybridized carbons (Fsp3) is 0.417. The third kappa shape index (κ3) is 4.59. The number of ether oxygens (including phenoxy) is 2. The summed E-state index contributed by atoms with van der Waals surface area (Å²) in [5.74, 6) is 5.45. The highest BCUT2D eigenvalue weighted by Crippen LogP contribution is 2.50. The van der Waals surface area contributed by atoms with Crippen LogP contribution in [0.15, 0.2) is 42.6 Å². The molecule has 1 heterocycles. The maximum atomic E-state index is 13.5. The molecule has 31 heavy (non-hydrogen) atoms. The molecular formula is C24H26N2O5. The number of aliphatic hydroxyl groups is 1. The number of hydrogen-bond acceptors (Lipinski definition) is 7. The van der Waals surface area contributed by atoms with Crippen molar-refractivity contribution in [3.63, 3.8) is 0 Å². The Labute approximate surface area is 181 Å². The Balaban J connectivity index is 2.20. The molecule has 7 heteroatoms. The fourth-order valence-corrected chi connectivity index (χ4v) is 3.67. The summed E-state index contributed by atoms with van der Waals surface area (Å²) in [6.45, 7) is 5.24. The van der Waals surface area contributed by atoms with Crippen LogP contribution in [0.2, 0.25) is 0 Å². The van der Waals surface area contributed by atoms with E-state index in [1.807, 2.05) is 0 Å². The average molecular weight is 422 g/mol. The van der Waals surface area contributed by atoms with E-state index in [1.165, 1.54) is 13.3 Å². The predicted octanol–water partition coefficient (Wildman–Crippen LogP) is 2.81. The van der Waals surface area contributed by atoms with Gasteiger partial charge in [-0.1, -0.05) is 36.3 Å². The van der Waals surface area contributed by atoms with E-state index in [0.29, 0.717) is 11.3 Å². The van der Waals surface area contributed by atoms with Gasteiger partial charge in [0.2, 0.25) is 0 Å². The molecule has 0 unspecified atom stereocenters. The van der Waals surface area contributed by atoms with Gasteiger partial charge in [-0.2, -0.15) is 5.10 Å². The first-order valence-electron chi connectivity index (χ1n) is 10.0. The van der Waals surface area contributed by atoms with Crippen LogP contribution < -0.4 is 4.74 Å². The summed E-state index contributed by atoms with van der Waals surface area (Å²) in [6, 6.07) is 10.2. The van der Waals surface area contributed by atoms with Crippen molar-refractivity contribution < 1.29 is 24.2 Å². The van der Waals surface area contributed by atoms with Crippen molar-refractivity contribution in [1.29, 1.82) is 0 Å². The van der Waals surface area contributed by atoms with E-state index in [0.717, 1.165) is 0 Å². The monoisotopic (exact) mass is 422 g/mol. The Hall–Kier alpha value is -3.24. The number of esters is 1. The molecule has 2 atom stereocenters. The molecule has 0 aliphatic heterocycles. The quantitative estimate of drug-likeness (QED) is 0.600. The lowest BCUT2D eigenvalue weighted by atomic mass is 9.60. The lowest BCUT2D eigenvalue weighted by Gasteiger charge is -2.46. The zero-order valence-electron chi connectivity index (χ0n) is 18.1. The molecule has 1 aromatic carbocycles. The average Bonchev–Trinajstić information content (AvgIpc) is 2.73. The minimum atomic E-state index is -1.86. The standard InChI is InChI=1S/C24H26N2O5/c1-22(2,3)31-21(28)23(12-10-18-14-20(30-4)16-25-26-18)13-11-19(27)15-24(23,29)17-8-6-5-7-9-17/h5-9,14,16,29H,11,13,15H2,1-4H3/t23-,24-/m1/s1. The van der Waals surface area contributed by atoms with Crippen LogP contribution in [0.25, 0.3) is 0 Å². The summed E-state index contributed by atoms with van der Waals surface area (Å²) in [5, 5.41) is 19.7. The predicted molar refractivity (Wildman–Crippen MR) is 113 cm³/mol. The molecule has 1 saturated carbocycles. The first kappa shape index (κ1) is 22.4. The van der Waals surface area contributed by atoms with Crippen molar-refractivity contribution in [3.8, 4) is 17.6 Å². The minimum Gasteiger partial charge on any atom is -0.495 e. The second-order valence-electron chi connectivity index (χ2n) is 8.58. The summed E-state index contributed by atoms with van der Waals surface area (Å²) in [5.41, 5.74) is -3.62. The molecule has 0 spiro atoms. The highest BCUT2D eigenvalue weighted by molar-refractivity contribution is 5.90. The summed E-state index contributed by atoms with van der Waals surface area (Å²) in [6.07, 6.45) is 1.33. The van der Waals surface area contributed by atoms with Crippen molar-refractivity contribution in [3.05, 3.63) is 53.9 Å².